The number of nitrogens with one attached hydrogen (secondary N) is 1. The standard InChI is InChI=1S/C10H7IN2O2/c11-7-1-3-8(4-2-7)13-10(15)6-5-9(14)12-13/h1-6H,(H,12,14). The average Bonchev–Trinajstić information content (AvgIpc) is 2.23. The molecule has 1 N–H and O–H groups in total. The summed E-state index contributed by atoms with van der Waals surface area (Å²) >= 11 is 2.17. The van der Waals surface area contributed by atoms with Crippen molar-refractivity contribution in [3.8, 4) is 5.69 Å². The lowest BCUT2D eigenvalue weighted by Crippen LogP contribution is -2.26. The van der Waals surface area contributed by atoms with Crippen LogP contribution < -0.4 is 11.1 Å². The van der Waals surface area contributed by atoms with Gasteiger partial charge in [-0.3, -0.25) is 14.7 Å². The van der Waals surface area contributed by atoms with Crippen LogP contribution in [0.4, 0.5) is 0 Å². The third-order valence-corrected chi connectivity index (χ3v) is 2.62. The fraction of sp³-hybridized carbons (Fsp3) is 0. The van der Waals surface area contributed by atoms with Gasteiger partial charge in [0.05, 0.1) is 5.69 Å². The molecule has 0 fully saturated rings. The molecule has 1 aromatic heterocycles. The largest absolute Gasteiger partial charge is 0.269 e. The van der Waals surface area contributed by atoms with E-state index in [2.05, 4.69) is 27.7 Å². The van der Waals surface area contributed by atoms with Crippen LogP contribution in [0.3, 0.4) is 0 Å². The third-order valence-electron chi connectivity index (χ3n) is 1.90. The van der Waals surface area contributed by atoms with Crippen molar-refractivity contribution in [2.75, 3.05) is 0 Å². The van der Waals surface area contributed by atoms with Gasteiger partial charge in [-0.1, -0.05) is 0 Å². The first-order chi connectivity index (χ1) is 7.16. The first-order valence-corrected chi connectivity index (χ1v) is 5.33. The molecule has 0 aliphatic carbocycles. The number of nitrogens with zero attached hydrogens (tertiary/aromatic N) is 1. The zero-order valence-corrected chi connectivity index (χ0v) is 9.76. The van der Waals surface area contributed by atoms with Gasteiger partial charge in [0.1, 0.15) is 0 Å². The Hall–Kier alpha value is -1.37. The molecule has 1 heterocycles. The molecule has 0 saturated heterocycles. The quantitative estimate of drug-likeness (QED) is 0.802. The van der Waals surface area contributed by atoms with Gasteiger partial charge in [-0.15, -0.1) is 0 Å². The van der Waals surface area contributed by atoms with E-state index in [4.69, 9.17) is 0 Å². The van der Waals surface area contributed by atoms with Crippen LogP contribution in [0.1, 0.15) is 0 Å². The molecule has 2 rings (SSSR count). The Kier molecular flexibility index (Phi) is 2.72. The molecule has 0 atom stereocenters. The third kappa shape index (κ3) is 2.17. The molecular formula is C10H7IN2O2. The van der Waals surface area contributed by atoms with Crippen LogP contribution in [0, 0.1) is 3.57 Å². The van der Waals surface area contributed by atoms with Crippen LogP contribution >= 0.6 is 22.6 Å². The highest BCUT2D eigenvalue weighted by atomic mass is 127. The molecular weight excluding hydrogens is 307 g/mol. The predicted octanol–water partition coefficient (Wildman–Crippen LogP) is 1.13. The van der Waals surface area contributed by atoms with Crippen LogP contribution in [0.25, 0.3) is 5.69 Å². The lowest BCUT2D eigenvalue weighted by atomic mass is 10.3. The minimum atomic E-state index is -0.298. The van der Waals surface area contributed by atoms with E-state index in [1.165, 1.54) is 16.8 Å². The minimum Gasteiger partial charge on any atom is -0.268 e. The maximum Gasteiger partial charge on any atom is 0.269 e. The van der Waals surface area contributed by atoms with Gasteiger partial charge in [-0.25, -0.2) is 4.68 Å². The number of aromatic nitrogens is 2. The fourth-order valence-corrected chi connectivity index (χ4v) is 1.57. The van der Waals surface area contributed by atoms with E-state index in [0.717, 1.165) is 3.57 Å². The van der Waals surface area contributed by atoms with Gasteiger partial charge >= 0.3 is 0 Å². The van der Waals surface area contributed by atoms with E-state index in [9.17, 15) is 9.59 Å². The maximum atomic E-state index is 11.4. The van der Waals surface area contributed by atoms with E-state index >= 15 is 0 Å². The van der Waals surface area contributed by atoms with E-state index < -0.39 is 0 Å². The van der Waals surface area contributed by atoms with Crippen LogP contribution in [0.15, 0.2) is 46.0 Å². The molecule has 5 heteroatoms. The smallest absolute Gasteiger partial charge is 0.268 e. The predicted molar refractivity (Wildman–Crippen MR) is 65.4 cm³/mol. The molecule has 0 unspecified atom stereocenters. The Labute approximate surface area is 98.7 Å². The van der Waals surface area contributed by atoms with Gasteiger partial charge in [0.15, 0.2) is 0 Å². The Morgan fingerprint density at radius 2 is 1.67 bits per heavy atom. The molecule has 1 aromatic carbocycles. The number of aromatic amines is 1. The number of benzene rings is 1. The Bertz CT molecular complexity index is 583. The van der Waals surface area contributed by atoms with Crippen molar-refractivity contribution in [2.24, 2.45) is 0 Å². The average molecular weight is 314 g/mol. The Balaban J connectivity index is 2.63. The first-order valence-electron chi connectivity index (χ1n) is 4.25. The summed E-state index contributed by atoms with van der Waals surface area (Å²) in [7, 11) is 0. The summed E-state index contributed by atoms with van der Waals surface area (Å²) in [5.74, 6) is 0. The summed E-state index contributed by atoms with van der Waals surface area (Å²) in [6.07, 6.45) is 0. The number of hydrogen-bond acceptors (Lipinski definition) is 2. The Morgan fingerprint density at radius 3 is 2.33 bits per heavy atom. The van der Waals surface area contributed by atoms with Gasteiger partial charge in [0.25, 0.3) is 11.1 Å². The minimum absolute atomic E-state index is 0.254. The molecule has 0 amide bonds. The van der Waals surface area contributed by atoms with Crippen molar-refractivity contribution >= 4 is 22.6 Å². The van der Waals surface area contributed by atoms with Crippen LogP contribution in [0.5, 0.6) is 0 Å². The Morgan fingerprint density at radius 1 is 1.00 bits per heavy atom. The zero-order chi connectivity index (χ0) is 10.8. The van der Waals surface area contributed by atoms with Crippen molar-refractivity contribution < 1.29 is 0 Å². The van der Waals surface area contributed by atoms with Gasteiger partial charge < -0.3 is 0 Å². The summed E-state index contributed by atoms with van der Waals surface area (Å²) in [6.45, 7) is 0. The van der Waals surface area contributed by atoms with Gasteiger partial charge in [-0.2, -0.15) is 0 Å². The van der Waals surface area contributed by atoms with Crippen molar-refractivity contribution in [3.63, 3.8) is 0 Å². The summed E-state index contributed by atoms with van der Waals surface area (Å²) in [6, 6.07) is 9.75. The fourth-order valence-electron chi connectivity index (χ4n) is 1.21. The van der Waals surface area contributed by atoms with Gasteiger partial charge in [0, 0.05) is 15.7 Å². The van der Waals surface area contributed by atoms with E-state index in [0.29, 0.717) is 5.69 Å². The number of H-pyrrole nitrogens is 1. The van der Waals surface area contributed by atoms with Crippen molar-refractivity contribution in [2.45, 2.75) is 0 Å². The second-order valence-electron chi connectivity index (χ2n) is 2.96. The molecule has 0 aliphatic rings. The van der Waals surface area contributed by atoms with Crippen LogP contribution in [-0.4, -0.2) is 9.78 Å². The van der Waals surface area contributed by atoms with E-state index in [1.54, 1.807) is 12.1 Å². The molecule has 0 spiro atoms. The number of rotatable bonds is 1. The summed E-state index contributed by atoms with van der Waals surface area (Å²) < 4.78 is 2.29. The normalized spacial score (nSPS) is 10.2. The maximum absolute atomic E-state index is 11.4. The topological polar surface area (TPSA) is 54.9 Å². The molecule has 0 aliphatic heterocycles. The number of hydrogen-bond donors (Lipinski definition) is 1. The van der Waals surface area contributed by atoms with Crippen molar-refractivity contribution in [1.82, 2.24) is 9.78 Å². The molecule has 0 radical (unpaired) electrons. The molecule has 15 heavy (non-hydrogen) atoms. The van der Waals surface area contributed by atoms with Crippen molar-refractivity contribution in [1.29, 1.82) is 0 Å². The monoisotopic (exact) mass is 314 g/mol. The van der Waals surface area contributed by atoms with Gasteiger partial charge in [-0.05, 0) is 46.9 Å². The summed E-state index contributed by atoms with van der Waals surface area (Å²) in [5.41, 5.74) is 0.0991. The molecule has 0 saturated carbocycles. The summed E-state index contributed by atoms with van der Waals surface area (Å²) in [5, 5.41) is 2.46. The summed E-state index contributed by atoms with van der Waals surface area (Å²) in [4.78, 5) is 22.5. The molecule has 2 aromatic rings. The van der Waals surface area contributed by atoms with Crippen LogP contribution in [-0.2, 0) is 0 Å². The van der Waals surface area contributed by atoms with E-state index in [-0.39, 0.29) is 11.1 Å². The van der Waals surface area contributed by atoms with Crippen molar-refractivity contribution in [3.05, 3.63) is 60.7 Å². The molecule has 0 bridgehead atoms. The van der Waals surface area contributed by atoms with Gasteiger partial charge in [0.2, 0.25) is 0 Å². The lowest BCUT2D eigenvalue weighted by Gasteiger charge is -2.03. The SMILES string of the molecule is O=c1ccc(=O)n(-c2ccc(I)cc2)[nH]1. The van der Waals surface area contributed by atoms with Crippen LogP contribution in [0.2, 0.25) is 0 Å². The zero-order valence-electron chi connectivity index (χ0n) is 7.61. The molecule has 4 nitrogen and oxygen atoms in total. The highest BCUT2D eigenvalue weighted by Gasteiger charge is 1.99. The van der Waals surface area contributed by atoms with E-state index in [1.807, 2.05) is 12.1 Å². The lowest BCUT2D eigenvalue weighted by molar-refractivity contribution is 0.786. The second-order valence-corrected chi connectivity index (χ2v) is 4.21. The second kappa shape index (κ2) is 4.01. The highest BCUT2D eigenvalue weighted by Crippen LogP contribution is 2.07. The number of halogens is 1. The first kappa shape index (κ1) is 10.2. The highest BCUT2D eigenvalue weighted by molar-refractivity contribution is 14.1. The molecule has 76 valence electrons.